The van der Waals surface area contributed by atoms with Gasteiger partial charge in [-0.05, 0) is 67.2 Å². The number of hydrogen-bond donors (Lipinski definition) is 2. The summed E-state index contributed by atoms with van der Waals surface area (Å²) in [6, 6.07) is 25.7. The fourth-order valence-electron chi connectivity index (χ4n) is 4.62. The normalized spacial score (nSPS) is 15.6. The van der Waals surface area contributed by atoms with Crippen LogP contribution in [0.2, 0.25) is 0 Å². The number of carbonyl (C=O) groups is 1. The lowest BCUT2D eigenvalue weighted by atomic mass is 9.89. The third-order valence-electron chi connectivity index (χ3n) is 6.75. The van der Waals surface area contributed by atoms with Crippen molar-refractivity contribution >= 4 is 11.6 Å². The van der Waals surface area contributed by atoms with Crippen molar-refractivity contribution in [1.82, 2.24) is 4.90 Å². The molecule has 1 atom stereocenters. The van der Waals surface area contributed by atoms with E-state index in [1.165, 1.54) is 5.56 Å². The highest BCUT2D eigenvalue weighted by Crippen LogP contribution is 2.33. The third kappa shape index (κ3) is 6.86. The van der Waals surface area contributed by atoms with Crippen LogP contribution in [0.5, 0.6) is 11.5 Å². The number of carbonyl (C=O) groups excluding carboxylic acids is 1. The summed E-state index contributed by atoms with van der Waals surface area (Å²) in [6.07, 6.45) is 2.92. The molecule has 3 aromatic carbocycles. The van der Waals surface area contributed by atoms with Crippen LogP contribution in [0, 0.1) is 5.92 Å². The van der Waals surface area contributed by atoms with Gasteiger partial charge in [0.25, 0.3) is 0 Å². The van der Waals surface area contributed by atoms with E-state index in [-0.39, 0.29) is 23.7 Å². The summed E-state index contributed by atoms with van der Waals surface area (Å²) in [5.74, 6) is 1.21. The molecule has 5 nitrogen and oxygen atoms in total. The van der Waals surface area contributed by atoms with Crippen LogP contribution in [0.1, 0.15) is 56.3 Å². The van der Waals surface area contributed by atoms with Gasteiger partial charge in [-0.1, -0.05) is 68.4 Å². The highest BCUT2D eigenvalue weighted by Gasteiger charge is 2.23. The molecular weight excluding hydrogens is 436 g/mol. The van der Waals surface area contributed by atoms with E-state index in [9.17, 15) is 9.90 Å². The number of benzene rings is 3. The number of rotatable bonds is 9. The molecule has 1 aliphatic rings. The first kappa shape index (κ1) is 24.8. The lowest BCUT2D eigenvalue weighted by molar-refractivity contribution is -0.118. The molecule has 0 bridgehead atoms. The second-order valence-corrected chi connectivity index (χ2v) is 9.66. The summed E-state index contributed by atoms with van der Waals surface area (Å²) in [7, 11) is 0. The van der Waals surface area contributed by atoms with Gasteiger partial charge in [0.1, 0.15) is 6.10 Å². The molecule has 0 saturated carbocycles. The van der Waals surface area contributed by atoms with Crippen molar-refractivity contribution < 1.29 is 14.6 Å². The van der Waals surface area contributed by atoms with Gasteiger partial charge in [0.2, 0.25) is 5.91 Å². The number of piperidine rings is 1. The molecule has 0 unspecified atom stereocenters. The quantitative estimate of drug-likeness (QED) is 0.379. The van der Waals surface area contributed by atoms with Crippen LogP contribution < -0.4 is 10.1 Å². The van der Waals surface area contributed by atoms with Gasteiger partial charge in [0.05, 0.1) is 0 Å². The second kappa shape index (κ2) is 11.9. The molecule has 1 aliphatic heterocycles. The van der Waals surface area contributed by atoms with Crippen molar-refractivity contribution in [2.45, 2.75) is 45.1 Å². The topological polar surface area (TPSA) is 61.8 Å². The molecule has 3 aromatic rings. The Morgan fingerprint density at radius 2 is 1.71 bits per heavy atom. The van der Waals surface area contributed by atoms with Crippen LogP contribution in [0.4, 0.5) is 5.69 Å². The average molecular weight is 473 g/mol. The number of hydrogen-bond acceptors (Lipinski definition) is 4. The first-order chi connectivity index (χ1) is 17.0. The van der Waals surface area contributed by atoms with E-state index in [1.54, 1.807) is 12.1 Å². The van der Waals surface area contributed by atoms with Crippen LogP contribution in [0.3, 0.4) is 0 Å². The molecular formula is C30H36N2O3. The van der Waals surface area contributed by atoms with Crippen molar-refractivity contribution in [2.24, 2.45) is 5.92 Å². The summed E-state index contributed by atoms with van der Waals surface area (Å²) in [6.45, 7) is 6.82. The summed E-state index contributed by atoms with van der Waals surface area (Å²) in [5, 5.41) is 13.2. The highest BCUT2D eigenvalue weighted by molar-refractivity contribution is 5.92. The zero-order valence-electron chi connectivity index (χ0n) is 20.7. The minimum atomic E-state index is -0.122. The largest absolute Gasteiger partial charge is 0.504 e. The number of nitrogens with zero attached hydrogens (tertiary/aromatic N) is 1. The minimum Gasteiger partial charge on any atom is -0.504 e. The second-order valence-electron chi connectivity index (χ2n) is 9.66. The van der Waals surface area contributed by atoms with Crippen LogP contribution in [-0.2, 0) is 4.79 Å². The van der Waals surface area contributed by atoms with E-state index >= 15 is 0 Å². The number of nitrogens with one attached hydrogen (secondary N) is 1. The maximum Gasteiger partial charge on any atom is 0.226 e. The van der Waals surface area contributed by atoms with Gasteiger partial charge in [-0.15, -0.1) is 0 Å². The molecule has 0 aromatic heterocycles. The molecule has 0 radical (unpaired) electrons. The first-order valence-electron chi connectivity index (χ1n) is 12.6. The van der Waals surface area contributed by atoms with E-state index < -0.39 is 0 Å². The van der Waals surface area contributed by atoms with Crippen LogP contribution in [0.25, 0.3) is 0 Å². The van der Waals surface area contributed by atoms with E-state index in [4.69, 9.17) is 4.74 Å². The predicted molar refractivity (Wildman–Crippen MR) is 141 cm³/mol. The molecule has 1 fully saturated rings. The molecule has 1 saturated heterocycles. The number of aromatic hydroxyl groups is 1. The van der Waals surface area contributed by atoms with Gasteiger partial charge in [0, 0.05) is 24.6 Å². The Kier molecular flexibility index (Phi) is 8.43. The summed E-state index contributed by atoms with van der Waals surface area (Å²) < 4.78 is 6.26. The van der Waals surface area contributed by atoms with Gasteiger partial charge >= 0.3 is 0 Å². The molecule has 0 spiro atoms. The number of para-hydroxylation sites is 2. The Balaban J connectivity index is 1.34. The van der Waals surface area contributed by atoms with E-state index in [0.29, 0.717) is 11.7 Å². The molecule has 4 rings (SSSR count). The van der Waals surface area contributed by atoms with Gasteiger partial charge in [-0.25, -0.2) is 0 Å². The lowest BCUT2D eigenvalue weighted by Gasteiger charge is -2.33. The Bertz CT molecular complexity index is 1090. The molecule has 1 heterocycles. The van der Waals surface area contributed by atoms with Crippen molar-refractivity contribution in [3.63, 3.8) is 0 Å². The summed E-state index contributed by atoms with van der Waals surface area (Å²) in [5.41, 5.74) is 3.30. The van der Waals surface area contributed by atoms with Crippen molar-refractivity contribution in [3.05, 3.63) is 90.0 Å². The third-order valence-corrected chi connectivity index (χ3v) is 6.75. The summed E-state index contributed by atoms with van der Waals surface area (Å²) >= 11 is 0. The van der Waals surface area contributed by atoms with Gasteiger partial charge in [-0.3, -0.25) is 4.79 Å². The van der Waals surface area contributed by atoms with Crippen LogP contribution in [-0.4, -0.2) is 35.5 Å². The van der Waals surface area contributed by atoms with Gasteiger partial charge in [0.15, 0.2) is 11.5 Å². The standard InChI is InChI=1S/C30H36N2O3/c1-22(2)30(34)31-26-12-8-11-25(21-26)23-15-18-32(19-16-23)20-17-28(24-9-4-3-5-10-24)35-29-14-7-6-13-27(29)33/h3-14,21-23,28,33H,15-20H2,1-2H3,(H,31,34)/t28-/m1/s1. The van der Waals surface area contributed by atoms with E-state index in [1.807, 2.05) is 56.3 Å². The van der Waals surface area contributed by atoms with E-state index in [2.05, 4.69) is 34.5 Å². The van der Waals surface area contributed by atoms with Crippen LogP contribution in [0.15, 0.2) is 78.9 Å². The Hall–Kier alpha value is -3.31. The van der Waals surface area contributed by atoms with Crippen molar-refractivity contribution in [1.29, 1.82) is 0 Å². The SMILES string of the molecule is CC(C)C(=O)Nc1cccc(C2CCN(CC[C@@H](Oc3ccccc3O)c3ccccc3)CC2)c1. The maximum atomic E-state index is 12.1. The first-order valence-corrected chi connectivity index (χ1v) is 12.6. The molecule has 2 N–H and O–H groups in total. The lowest BCUT2D eigenvalue weighted by Crippen LogP contribution is -2.34. The smallest absolute Gasteiger partial charge is 0.226 e. The molecule has 0 aliphatic carbocycles. The fraction of sp³-hybridized carbons (Fsp3) is 0.367. The molecule has 35 heavy (non-hydrogen) atoms. The zero-order valence-corrected chi connectivity index (χ0v) is 20.7. The number of ether oxygens (including phenoxy) is 1. The van der Waals surface area contributed by atoms with Crippen molar-refractivity contribution in [3.8, 4) is 11.5 Å². The number of amides is 1. The Labute approximate surface area is 208 Å². The zero-order chi connectivity index (χ0) is 24.6. The molecule has 184 valence electrons. The van der Waals surface area contributed by atoms with Gasteiger partial charge < -0.3 is 20.1 Å². The molecule has 5 heteroatoms. The minimum absolute atomic E-state index is 0.0311. The summed E-state index contributed by atoms with van der Waals surface area (Å²) in [4.78, 5) is 14.6. The number of anilines is 1. The van der Waals surface area contributed by atoms with Gasteiger partial charge in [-0.2, -0.15) is 0 Å². The predicted octanol–water partition coefficient (Wildman–Crippen LogP) is 6.38. The monoisotopic (exact) mass is 472 g/mol. The number of phenolic OH excluding ortho intramolecular Hbond substituents is 1. The van der Waals surface area contributed by atoms with E-state index in [0.717, 1.165) is 50.1 Å². The van der Waals surface area contributed by atoms with Crippen LogP contribution >= 0.6 is 0 Å². The Morgan fingerprint density at radius 1 is 1.00 bits per heavy atom. The average Bonchev–Trinajstić information content (AvgIpc) is 2.88. The van der Waals surface area contributed by atoms with Crippen molar-refractivity contribution in [2.75, 3.05) is 25.0 Å². The fourth-order valence-corrected chi connectivity index (χ4v) is 4.62. The number of likely N-dealkylation sites (tertiary alicyclic amines) is 1. The number of phenols is 1. The highest BCUT2D eigenvalue weighted by atomic mass is 16.5. The Morgan fingerprint density at radius 3 is 2.43 bits per heavy atom. The maximum absolute atomic E-state index is 12.1. The molecule has 1 amide bonds.